The predicted octanol–water partition coefficient (Wildman–Crippen LogP) is 4.87. The van der Waals surface area contributed by atoms with E-state index in [1.54, 1.807) is 0 Å². The number of unbranched alkanes of at least 4 members (excludes halogenated alkanes) is 1. The fraction of sp³-hybridized carbons (Fsp3) is 0.611. The molecular weight excluding hydrogens is 246 g/mol. The number of hydrogen-bond donors (Lipinski definition) is 0. The molecule has 0 atom stereocenters. The fourth-order valence-electron chi connectivity index (χ4n) is 2.07. The monoisotopic (exact) mass is 273 g/mol. The zero-order valence-electron chi connectivity index (χ0n) is 13.5. The average Bonchev–Trinajstić information content (AvgIpc) is 2.36. The Bertz CT molecular complexity index is 463. The molecule has 1 aromatic rings. The smallest absolute Gasteiger partial charge is 0.123 e. The topological polar surface area (TPSA) is 33.0 Å². The normalized spacial score (nSPS) is 11.4. The van der Waals surface area contributed by atoms with Crippen LogP contribution in [-0.4, -0.2) is 6.61 Å². The van der Waals surface area contributed by atoms with Gasteiger partial charge in [-0.15, -0.1) is 0 Å². The minimum atomic E-state index is 0.0670. The van der Waals surface area contributed by atoms with Gasteiger partial charge in [-0.25, -0.2) is 0 Å². The molecule has 1 aromatic carbocycles. The fourth-order valence-corrected chi connectivity index (χ4v) is 2.07. The third-order valence-electron chi connectivity index (χ3n) is 3.18. The molecule has 0 amide bonds. The van der Waals surface area contributed by atoms with Crippen LogP contribution in [0.2, 0.25) is 0 Å². The minimum absolute atomic E-state index is 0.0670. The lowest BCUT2D eigenvalue weighted by Crippen LogP contribution is -2.15. The van der Waals surface area contributed by atoms with Gasteiger partial charge in [0.25, 0.3) is 0 Å². The molecule has 0 bridgehead atoms. The number of benzene rings is 1. The lowest BCUT2D eigenvalue weighted by Gasteiger charge is -2.24. The Kier molecular flexibility index (Phi) is 6.07. The van der Waals surface area contributed by atoms with Crippen LogP contribution in [0.15, 0.2) is 18.2 Å². The van der Waals surface area contributed by atoms with Gasteiger partial charge in [-0.3, -0.25) is 0 Å². The second-order valence-electron chi connectivity index (χ2n) is 6.80. The Hall–Kier alpha value is -1.49. The van der Waals surface area contributed by atoms with Gasteiger partial charge in [-0.2, -0.15) is 5.26 Å². The minimum Gasteiger partial charge on any atom is -0.493 e. The van der Waals surface area contributed by atoms with E-state index in [0.717, 1.165) is 25.2 Å². The van der Waals surface area contributed by atoms with Crippen molar-refractivity contribution in [2.24, 2.45) is 5.92 Å². The van der Waals surface area contributed by atoms with Crippen molar-refractivity contribution in [1.29, 1.82) is 5.26 Å². The SMILES string of the molecule is CC(C)COc1ccc(CCCC#N)cc1C(C)(C)C. The van der Waals surface area contributed by atoms with E-state index < -0.39 is 0 Å². The molecule has 110 valence electrons. The molecule has 0 aromatic heterocycles. The Morgan fingerprint density at radius 1 is 1.25 bits per heavy atom. The van der Waals surface area contributed by atoms with Crippen LogP contribution in [0.3, 0.4) is 0 Å². The maximum absolute atomic E-state index is 8.62. The van der Waals surface area contributed by atoms with Crippen LogP contribution in [0, 0.1) is 17.2 Å². The first-order valence-corrected chi connectivity index (χ1v) is 7.47. The molecule has 1 rings (SSSR count). The van der Waals surface area contributed by atoms with Crippen LogP contribution < -0.4 is 4.74 Å². The molecule has 0 radical (unpaired) electrons. The van der Waals surface area contributed by atoms with Crippen molar-refractivity contribution >= 4 is 0 Å². The van der Waals surface area contributed by atoms with Gasteiger partial charge in [-0.05, 0) is 41.4 Å². The van der Waals surface area contributed by atoms with E-state index in [9.17, 15) is 0 Å². The molecule has 20 heavy (non-hydrogen) atoms. The van der Waals surface area contributed by atoms with Crippen molar-refractivity contribution in [2.75, 3.05) is 6.61 Å². The van der Waals surface area contributed by atoms with Crippen molar-refractivity contribution in [3.8, 4) is 11.8 Å². The maximum atomic E-state index is 8.62. The van der Waals surface area contributed by atoms with Gasteiger partial charge in [0.2, 0.25) is 0 Å². The van der Waals surface area contributed by atoms with E-state index in [2.05, 4.69) is 58.9 Å². The summed E-state index contributed by atoms with van der Waals surface area (Å²) in [4.78, 5) is 0. The standard InChI is InChI=1S/C18H27NO/c1-14(2)13-20-17-10-9-15(8-6-7-11-19)12-16(17)18(3,4)5/h9-10,12,14H,6-8,13H2,1-5H3. The van der Waals surface area contributed by atoms with Crippen molar-refractivity contribution in [1.82, 2.24) is 0 Å². The third-order valence-corrected chi connectivity index (χ3v) is 3.18. The van der Waals surface area contributed by atoms with Crippen molar-refractivity contribution < 1.29 is 4.74 Å². The summed E-state index contributed by atoms with van der Waals surface area (Å²) in [5.74, 6) is 1.52. The van der Waals surface area contributed by atoms with Crippen LogP contribution in [0.4, 0.5) is 0 Å². The zero-order chi connectivity index (χ0) is 15.2. The van der Waals surface area contributed by atoms with E-state index in [0.29, 0.717) is 12.3 Å². The molecule has 0 saturated heterocycles. The summed E-state index contributed by atoms with van der Waals surface area (Å²) in [6, 6.07) is 8.66. The first-order chi connectivity index (χ1) is 9.34. The lowest BCUT2D eigenvalue weighted by molar-refractivity contribution is 0.265. The van der Waals surface area contributed by atoms with Crippen molar-refractivity contribution in [2.45, 2.75) is 59.3 Å². The van der Waals surface area contributed by atoms with Crippen LogP contribution in [0.1, 0.15) is 58.6 Å². The largest absolute Gasteiger partial charge is 0.493 e. The first kappa shape index (κ1) is 16.6. The number of hydrogen-bond acceptors (Lipinski definition) is 2. The van der Waals surface area contributed by atoms with E-state index in [4.69, 9.17) is 10.00 Å². The molecule has 2 heteroatoms. The van der Waals surface area contributed by atoms with Crippen molar-refractivity contribution in [3.05, 3.63) is 29.3 Å². The summed E-state index contributed by atoms with van der Waals surface area (Å²) in [6.07, 6.45) is 2.50. The van der Waals surface area contributed by atoms with Crippen LogP contribution in [0.25, 0.3) is 0 Å². The summed E-state index contributed by atoms with van der Waals surface area (Å²) in [5, 5.41) is 8.62. The molecular formula is C18H27NO. The second kappa shape index (κ2) is 7.33. The molecule has 0 unspecified atom stereocenters. The predicted molar refractivity (Wildman–Crippen MR) is 84.0 cm³/mol. The Balaban J connectivity index is 2.92. The average molecular weight is 273 g/mol. The van der Waals surface area contributed by atoms with E-state index in [1.165, 1.54) is 11.1 Å². The summed E-state index contributed by atoms with van der Waals surface area (Å²) in [7, 11) is 0. The van der Waals surface area contributed by atoms with Gasteiger partial charge in [-0.1, -0.05) is 46.8 Å². The van der Waals surface area contributed by atoms with E-state index in [-0.39, 0.29) is 5.41 Å². The molecule has 0 N–H and O–H groups in total. The number of nitriles is 1. The number of ether oxygens (including phenoxy) is 1. The Morgan fingerprint density at radius 2 is 1.95 bits per heavy atom. The summed E-state index contributed by atoms with van der Waals surface area (Å²) in [6.45, 7) is 11.7. The molecule has 0 aliphatic carbocycles. The number of rotatable bonds is 6. The molecule has 0 saturated carbocycles. The second-order valence-corrected chi connectivity index (χ2v) is 6.80. The summed E-state index contributed by atoms with van der Waals surface area (Å²) in [5.41, 5.74) is 2.62. The van der Waals surface area contributed by atoms with Gasteiger partial charge in [0.05, 0.1) is 12.7 Å². The highest BCUT2D eigenvalue weighted by atomic mass is 16.5. The van der Waals surface area contributed by atoms with Crippen molar-refractivity contribution in [3.63, 3.8) is 0 Å². The summed E-state index contributed by atoms with van der Waals surface area (Å²) < 4.78 is 5.95. The highest BCUT2D eigenvalue weighted by Crippen LogP contribution is 2.32. The number of aryl methyl sites for hydroxylation is 1. The Morgan fingerprint density at radius 3 is 2.50 bits per heavy atom. The summed E-state index contributed by atoms with van der Waals surface area (Å²) >= 11 is 0. The van der Waals surface area contributed by atoms with Crippen LogP contribution in [-0.2, 0) is 11.8 Å². The zero-order valence-corrected chi connectivity index (χ0v) is 13.5. The molecule has 0 aliphatic heterocycles. The lowest BCUT2D eigenvalue weighted by atomic mass is 9.85. The van der Waals surface area contributed by atoms with Gasteiger partial charge in [0, 0.05) is 6.42 Å². The van der Waals surface area contributed by atoms with Crippen LogP contribution in [0.5, 0.6) is 5.75 Å². The van der Waals surface area contributed by atoms with Crippen LogP contribution >= 0.6 is 0 Å². The van der Waals surface area contributed by atoms with E-state index in [1.807, 2.05) is 0 Å². The quantitative estimate of drug-likeness (QED) is 0.693. The highest BCUT2D eigenvalue weighted by molar-refractivity contribution is 5.41. The maximum Gasteiger partial charge on any atom is 0.123 e. The Labute approximate surface area is 123 Å². The highest BCUT2D eigenvalue weighted by Gasteiger charge is 2.19. The van der Waals surface area contributed by atoms with Gasteiger partial charge in [0.15, 0.2) is 0 Å². The van der Waals surface area contributed by atoms with Gasteiger partial charge in [0.1, 0.15) is 5.75 Å². The first-order valence-electron chi connectivity index (χ1n) is 7.47. The van der Waals surface area contributed by atoms with Gasteiger partial charge >= 0.3 is 0 Å². The van der Waals surface area contributed by atoms with Gasteiger partial charge < -0.3 is 4.74 Å². The molecule has 0 spiro atoms. The number of nitrogens with zero attached hydrogens (tertiary/aromatic N) is 1. The van der Waals surface area contributed by atoms with E-state index >= 15 is 0 Å². The molecule has 2 nitrogen and oxygen atoms in total. The molecule has 0 aliphatic rings. The molecule has 0 fully saturated rings. The third kappa shape index (κ3) is 5.25. The molecule has 0 heterocycles.